The predicted molar refractivity (Wildman–Crippen MR) is 117 cm³/mol. The minimum Gasteiger partial charge on any atom is -0.484 e. The molecule has 2 rings (SSSR count). The first-order chi connectivity index (χ1) is 13.8. The number of amides is 1. The predicted octanol–water partition coefficient (Wildman–Crippen LogP) is 2.18. The van der Waals surface area contributed by atoms with Gasteiger partial charge in [0.15, 0.2) is 12.6 Å². The van der Waals surface area contributed by atoms with E-state index >= 15 is 0 Å². The number of hydrogen-bond donors (Lipinski definition) is 3. The largest absolute Gasteiger partial charge is 0.484 e. The molecule has 7 nitrogen and oxygen atoms in total. The smallest absolute Gasteiger partial charge is 0.259 e. The van der Waals surface area contributed by atoms with Crippen molar-refractivity contribution in [3.05, 3.63) is 52.2 Å². The van der Waals surface area contributed by atoms with Crippen molar-refractivity contribution in [2.45, 2.75) is 26.0 Å². The van der Waals surface area contributed by atoms with Gasteiger partial charge in [-0.1, -0.05) is 18.2 Å². The number of aliphatic hydroxyl groups is 1. The van der Waals surface area contributed by atoms with Gasteiger partial charge in [-0.2, -0.15) is 0 Å². The first-order valence-corrected chi connectivity index (χ1v) is 10.4. The number of benzene rings is 1. The van der Waals surface area contributed by atoms with Crippen LogP contribution in [0.15, 0.2) is 46.8 Å². The third kappa shape index (κ3) is 7.40. The van der Waals surface area contributed by atoms with Crippen molar-refractivity contribution in [1.82, 2.24) is 15.5 Å². The van der Waals surface area contributed by atoms with E-state index in [4.69, 9.17) is 4.74 Å². The second-order valence-corrected chi connectivity index (χ2v) is 7.97. The molecule has 2 aromatic rings. The van der Waals surface area contributed by atoms with Crippen LogP contribution in [0.4, 0.5) is 0 Å². The van der Waals surface area contributed by atoms with Crippen molar-refractivity contribution in [2.24, 2.45) is 4.99 Å². The third-order valence-corrected chi connectivity index (χ3v) is 5.30. The average Bonchev–Trinajstić information content (AvgIpc) is 3.24. The number of rotatable bonds is 9. The van der Waals surface area contributed by atoms with Crippen LogP contribution in [-0.2, 0) is 16.9 Å². The molecule has 1 aromatic carbocycles. The van der Waals surface area contributed by atoms with E-state index in [-0.39, 0.29) is 12.5 Å². The molecule has 3 N–H and O–H groups in total. The summed E-state index contributed by atoms with van der Waals surface area (Å²) in [6.45, 7) is 5.27. The highest BCUT2D eigenvalue weighted by molar-refractivity contribution is 7.10. The van der Waals surface area contributed by atoms with Crippen molar-refractivity contribution in [3.8, 4) is 5.75 Å². The minimum absolute atomic E-state index is 0.00171. The number of carbonyl (C=O) groups is 1. The Morgan fingerprint density at radius 3 is 2.72 bits per heavy atom. The van der Waals surface area contributed by atoms with Crippen LogP contribution in [0.3, 0.4) is 0 Å². The fraction of sp³-hybridized carbons (Fsp3) is 0.429. The lowest BCUT2D eigenvalue weighted by Gasteiger charge is -2.23. The van der Waals surface area contributed by atoms with Crippen molar-refractivity contribution in [2.75, 3.05) is 33.8 Å². The number of likely N-dealkylation sites (N-methyl/N-ethyl adjacent to an activating group) is 1. The maximum absolute atomic E-state index is 11.7. The highest BCUT2D eigenvalue weighted by Crippen LogP contribution is 2.24. The molecule has 0 radical (unpaired) electrons. The molecule has 8 heteroatoms. The van der Waals surface area contributed by atoms with Crippen molar-refractivity contribution < 1.29 is 14.6 Å². The molecule has 0 saturated carbocycles. The van der Waals surface area contributed by atoms with Gasteiger partial charge in [-0.05, 0) is 43.0 Å². The van der Waals surface area contributed by atoms with Crippen molar-refractivity contribution in [3.63, 3.8) is 0 Å². The maximum atomic E-state index is 11.7. The van der Waals surface area contributed by atoms with Gasteiger partial charge in [-0.25, -0.2) is 4.99 Å². The number of carbonyl (C=O) groups excluding carboxylic acids is 1. The van der Waals surface area contributed by atoms with Gasteiger partial charge >= 0.3 is 0 Å². The van der Waals surface area contributed by atoms with Gasteiger partial charge in [-0.15, -0.1) is 11.3 Å². The van der Waals surface area contributed by atoms with Crippen LogP contribution < -0.4 is 15.4 Å². The first-order valence-electron chi connectivity index (χ1n) is 9.52. The molecule has 1 aromatic heterocycles. The van der Waals surface area contributed by atoms with Gasteiger partial charge in [-0.3, -0.25) is 4.79 Å². The molecule has 0 fully saturated rings. The normalized spacial score (nSPS) is 13.5. The van der Waals surface area contributed by atoms with E-state index in [1.807, 2.05) is 48.7 Å². The van der Waals surface area contributed by atoms with Gasteiger partial charge in [0.2, 0.25) is 0 Å². The van der Waals surface area contributed by atoms with E-state index in [9.17, 15) is 9.90 Å². The van der Waals surface area contributed by atoms with Crippen LogP contribution in [-0.4, -0.2) is 55.7 Å². The van der Waals surface area contributed by atoms with Gasteiger partial charge in [0, 0.05) is 25.5 Å². The number of nitrogens with one attached hydrogen (secondary N) is 2. The second kappa shape index (κ2) is 10.8. The molecule has 0 aliphatic rings. The number of ether oxygens (including phenoxy) is 1. The van der Waals surface area contributed by atoms with Crippen LogP contribution >= 0.6 is 11.3 Å². The van der Waals surface area contributed by atoms with Crippen molar-refractivity contribution >= 4 is 23.2 Å². The Morgan fingerprint density at radius 1 is 1.28 bits per heavy atom. The molecule has 1 atom stereocenters. The van der Waals surface area contributed by atoms with E-state index < -0.39 is 5.60 Å². The fourth-order valence-corrected chi connectivity index (χ4v) is 3.23. The van der Waals surface area contributed by atoms with Gasteiger partial charge in [0.25, 0.3) is 5.91 Å². The molecule has 1 unspecified atom stereocenters. The molecule has 0 spiro atoms. The third-order valence-electron chi connectivity index (χ3n) is 4.18. The lowest BCUT2D eigenvalue weighted by molar-refractivity contribution is -0.130. The van der Waals surface area contributed by atoms with Crippen LogP contribution in [0.2, 0.25) is 0 Å². The van der Waals surface area contributed by atoms with Gasteiger partial charge in [0.1, 0.15) is 11.4 Å². The van der Waals surface area contributed by atoms with E-state index in [1.54, 1.807) is 21.0 Å². The summed E-state index contributed by atoms with van der Waals surface area (Å²) in [5.74, 6) is 1.16. The van der Waals surface area contributed by atoms with Crippen molar-refractivity contribution in [1.29, 1.82) is 0 Å². The second-order valence-electron chi connectivity index (χ2n) is 7.02. The Bertz CT molecular complexity index is 804. The Balaban J connectivity index is 1.97. The number of hydrogen-bond acceptors (Lipinski definition) is 5. The Labute approximate surface area is 176 Å². The quantitative estimate of drug-likeness (QED) is 0.429. The van der Waals surface area contributed by atoms with Crippen LogP contribution in [0.25, 0.3) is 0 Å². The lowest BCUT2D eigenvalue weighted by Crippen LogP contribution is -2.44. The first kappa shape index (κ1) is 22.7. The zero-order chi connectivity index (χ0) is 21.3. The average molecular weight is 419 g/mol. The molecule has 1 heterocycles. The summed E-state index contributed by atoms with van der Waals surface area (Å²) in [6, 6.07) is 11.4. The zero-order valence-electron chi connectivity index (χ0n) is 17.4. The SMILES string of the molecule is CCNC(=NCc1cccc(OCC(=O)N(C)C)c1)NCC(C)(O)c1cccs1. The molecule has 158 valence electrons. The van der Waals surface area contributed by atoms with Gasteiger partial charge < -0.3 is 25.4 Å². The Hall–Kier alpha value is -2.58. The maximum Gasteiger partial charge on any atom is 0.259 e. The highest BCUT2D eigenvalue weighted by atomic mass is 32.1. The number of thiophene rings is 1. The molecule has 0 saturated heterocycles. The summed E-state index contributed by atoms with van der Waals surface area (Å²) < 4.78 is 5.55. The number of aliphatic imine (C=N–C) groups is 1. The summed E-state index contributed by atoms with van der Waals surface area (Å²) in [6.07, 6.45) is 0. The number of nitrogens with zero attached hydrogens (tertiary/aromatic N) is 2. The molecular weight excluding hydrogens is 388 g/mol. The minimum atomic E-state index is -0.975. The monoisotopic (exact) mass is 418 g/mol. The molecule has 0 bridgehead atoms. The van der Waals surface area contributed by atoms with Crippen LogP contribution in [0.1, 0.15) is 24.3 Å². The van der Waals surface area contributed by atoms with Gasteiger partial charge in [0.05, 0.1) is 13.1 Å². The lowest BCUT2D eigenvalue weighted by atomic mass is 10.1. The highest BCUT2D eigenvalue weighted by Gasteiger charge is 2.24. The van der Waals surface area contributed by atoms with E-state index in [2.05, 4.69) is 15.6 Å². The van der Waals surface area contributed by atoms with E-state index in [0.717, 1.165) is 10.4 Å². The number of guanidine groups is 1. The summed E-state index contributed by atoms with van der Waals surface area (Å²) in [7, 11) is 3.39. The summed E-state index contributed by atoms with van der Waals surface area (Å²) >= 11 is 1.52. The molecule has 0 aliphatic carbocycles. The van der Waals surface area contributed by atoms with Crippen LogP contribution in [0, 0.1) is 0 Å². The topological polar surface area (TPSA) is 86.2 Å². The molecular formula is C21H30N4O3S. The fourth-order valence-electron chi connectivity index (χ4n) is 2.45. The molecule has 0 aliphatic heterocycles. The summed E-state index contributed by atoms with van der Waals surface area (Å²) in [4.78, 5) is 18.7. The molecule has 29 heavy (non-hydrogen) atoms. The summed E-state index contributed by atoms with van der Waals surface area (Å²) in [5, 5.41) is 19.0. The van der Waals surface area contributed by atoms with Crippen LogP contribution in [0.5, 0.6) is 5.75 Å². The summed E-state index contributed by atoms with van der Waals surface area (Å²) in [5.41, 5.74) is -0.0149. The Morgan fingerprint density at radius 2 is 2.07 bits per heavy atom. The molecule has 1 amide bonds. The standard InChI is InChI=1S/C21H30N4O3S/c1-5-22-20(24-15-21(2,27)18-10-7-11-29-18)23-13-16-8-6-9-17(12-16)28-14-19(26)25(3)4/h6-12,27H,5,13-15H2,1-4H3,(H2,22,23,24). The Kier molecular flexibility index (Phi) is 8.48. The van der Waals surface area contributed by atoms with E-state index in [0.29, 0.717) is 31.3 Å². The zero-order valence-corrected chi connectivity index (χ0v) is 18.3. The van der Waals surface area contributed by atoms with E-state index in [1.165, 1.54) is 16.2 Å².